The fourth-order valence-corrected chi connectivity index (χ4v) is 4.31. The van der Waals surface area contributed by atoms with Crippen LogP contribution >= 0.6 is 0 Å². The molecule has 0 aliphatic heterocycles. The van der Waals surface area contributed by atoms with Crippen LogP contribution in [-0.4, -0.2) is 57.6 Å². The number of carbonyl (C=O) groups excluding carboxylic acids is 2. The Labute approximate surface area is 196 Å². The van der Waals surface area contributed by atoms with Crippen LogP contribution in [0.4, 0.5) is 5.69 Å². The second-order valence-corrected chi connectivity index (χ2v) is 9.60. The van der Waals surface area contributed by atoms with Crippen molar-refractivity contribution in [3.8, 4) is 5.75 Å². The van der Waals surface area contributed by atoms with Crippen molar-refractivity contribution in [2.24, 2.45) is 0 Å². The summed E-state index contributed by atoms with van der Waals surface area (Å²) in [5.74, 6) is -0.0998. The Morgan fingerprint density at radius 2 is 1.76 bits per heavy atom. The SMILES string of the molecule is CCCNC(=O)C(CC)N(Cc1cccc(OC)c1)C(=O)CN(c1ccccc1)S(C)(=O)=O. The van der Waals surface area contributed by atoms with Crippen LogP contribution in [0.15, 0.2) is 54.6 Å². The molecule has 180 valence electrons. The lowest BCUT2D eigenvalue weighted by Gasteiger charge is -2.33. The molecule has 0 heterocycles. The molecule has 2 rings (SSSR count). The minimum absolute atomic E-state index is 0.139. The predicted molar refractivity (Wildman–Crippen MR) is 130 cm³/mol. The third-order valence-corrected chi connectivity index (χ3v) is 6.29. The molecule has 0 bridgehead atoms. The first-order chi connectivity index (χ1) is 15.7. The van der Waals surface area contributed by atoms with Crippen molar-refractivity contribution in [3.05, 3.63) is 60.2 Å². The van der Waals surface area contributed by atoms with Crippen molar-refractivity contribution >= 4 is 27.5 Å². The smallest absolute Gasteiger partial charge is 0.244 e. The zero-order valence-electron chi connectivity index (χ0n) is 19.7. The number of amides is 2. The Morgan fingerprint density at radius 1 is 1.06 bits per heavy atom. The molecule has 0 saturated heterocycles. The van der Waals surface area contributed by atoms with Crippen LogP contribution in [0.2, 0.25) is 0 Å². The van der Waals surface area contributed by atoms with E-state index in [-0.39, 0.29) is 12.5 Å². The maximum atomic E-state index is 13.5. The van der Waals surface area contributed by atoms with Crippen LogP contribution in [0.5, 0.6) is 5.75 Å². The highest BCUT2D eigenvalue weighted by atomic mass is 32.2. The van der Waals surface area contributed by atoms with Gasteiger partial charge in [0.25, 0.3) is 0 Å². The Morgan fingerprint density at radius 3 is 2.33 bits per heavy atom. The van der Waals surface area contributed by atoms with E-state index >= 15 is 0 Å². The number of para-hydroxylation sites is 1. The van der Waals surface area contributed by atoms with E-state index in [2.05, 4.69) is 5.32 Å². The van der Waals surface area contributed by atoms with Crippen LogP contribution < -0.4 is 14.4 Å². The molecule has 0 aliphatic rings. The summed E-state index contributed by atoms with van der Waals surface area (Å²) < 4.78 is 31.4. The quantitative estimate of drug-likeness (QED) is 0.509. The Kier molecular flexibility index (Phi) is 9.72. The fourth-order valence-electron chi connectivity index (χ4n) is 3.46. The molecule has 33 heavy (non-hydrogen) atoms. The van der Waals surface area contributed by atoms with Gasteiger partial charge in [0.1, 0.15) is 18.3 Å². The molecule has 2 aromatic rings. The van der Waals surface area contributed by atoms with Crippen LogP contribution in [0.25, 0.3) is 0 Å². The van der Waals surface area contributed by atoms with E-state index in [1.807, 2.05) is 26.0 Å². The highest BCUT2D eigenvalue weighted by Crippen LogP contribution is 2.20. The molecule has 2 amide bonds. The van der Waals surface area contributed by atoms with Crippen molar-refractivity contribution in [2.45, 2.75) is 39.3 Å². The molecule has 9 heteroatoms. The first kappa shape index (κ1) is 26.2. The van der Waals surface area contributed by atoms with E-state index < -0.39 is 28.5 Å². The lowest BCUT2D eigenvalue weighted by Crippen LogP contribution is -2.52. The van der Waals surface area contributed by atoms with Crippen molar-refractivity contribution in [2.75, 3.05) is 30.8 Å². The van der Waals surface area contributed by atoms with E-state index in [1.165, 1.54) is 4.90 Å². The first-order valence-electron chi connectivity index (χ1n) is 10.9. The number of benzene rings is 2. The van der Waals surface area contributed by atoms with Gasteiger partial charge >= 0.3 is 0 Å². The number of sulfonamides is 1. The second kappa shape index (κ2) is 12.2. The van der Waals surface area contributed by atoms with Crippen LogP contribution in [0.3, 0.4) is 0 Å². The van der Waals surface area contributed by atoms with E-state index in [4.69, 9.17) is 4.74 Å². The molecule has 0 radical (unpaired) electrons. The number of hydrogen-bond acceptors (Lipinski definition) is 5. The van der Waals surface area contributed by atoms with E-state index in [0.717, 1.165) is 22.5 Å². The largest absolute Gasteiger partial charge is 0.497 e. The number of hydrogen-bond donors (Lipinski definition) is 1. The molecule has 0 saturated carbocycles. The molecular formula is C24H33N3O5S. The van der Waals surface area contributed by atoms with Crippen LogP contribution in [0, 0.1) is 0 Å². The van der Waals surface area contributed by atoms with Gasteiger partial charge in [0.05, 0.1) is 19.1 Å². The zero-order chi connectivity index (χ0) is 24.4. The van der Waals surface area contributed by atoms with Gasteiger partial charge in [0.15, 0.2) is 0 Å². The summed E-state index contributed by atoms with van der Waals surface area (Å²) in [4.78, 5) is 27.8. The number of rotatable bonds is 12. The first-order valence-corrected chi connectivity index (χ1v) is 12.8. The van der Waals surface area contributed by atoms with Crippen molar-refractivity contribution in [1.29, 1.82) is 0 Å². The van der Waals surface area contributed by atoms with E-state index in [0.29, 0.717) is 24.4 Å². The summed E-state index contributed by atoms with van der Waals surface area (Å²) in [5, 5.41) is 2.85. The molecule has 0 aliphatic carbocycles. The predicted octanol–water partition coefficient (Wildman–Crippen LogP) is 2.79. The Bertz CT molecular complexity index is 1030. The van der Waals surface area contributed by atoms with Gasteiger partial charge in [-0.3, -0.25) is 13.9 Å². The molecule has 1 unspecified atom stereocenters. The average molecular weight is 476 g/mol. The molecule has 8 nitrogen and oxygen atoms in total. The lowest BCUT2D eigenvalue weighted by atomic mass is 10.1. The number of carbonyl (C=O) groups is 2. The highest BCUT2D eigenvalue weighted by Gasteiger charge is 2.31. The normalized spacial score (nSPS) is 12.0. The maximum Gasteiger partial charge on any atom is 0.244 e. The van der Waals surface area contributed by atoms with Gasteiger partial charge in [-0.1, -0.05) is 44.2 Å². The van der Waals surface area contributed by atoms with E-state index in [1.54, 1.807) is 49.6 Å². The van der Waals surface area contributed by atoms with Gasteiger partial charge in [-0.25, -0.2) is 8.42 Å². The molecule has 0 fully saturated rings. The summed E-state index contributed by atoms with van der Waals surface area (Å²) in [6.45, 7) is 4.00. The summed E-state index contributed by atoms with van der Waals surface area (Å²) >= 11 is 0. The molecule has 2 aromatic carbocycles. The van der Waals surface area contributed by atoms with Gasteiger partial charge in [0.2, 0.25) is 21.8 Å². The fraction of sp³-hybridized carbons (Fsp3) is 0.417. The molecular weight excluding hydrogens is 442 g/mol. The summed E-state index contributed by atoms with van der Waals surface area (Å²) in [7, 11) is -2.18. The number of anilines is 1. The third kappa shape index (κ3) is 7.49. The zero-order valence-corrected chi connectivity index (χ0v) is 20.5. The Hall–Kier alpha value is -3.07. The van der Waals surface area contributed by atoms with Gasteiger partial charge in [-0.2, -0.15) is 0 Å². The average Bonchev–Trinajstić information content (AvgIpc) is 2.80. The van der Waals surface area contributed by atoms with Gasteiger partial charge < -0.3 is 15.0 Å². The minimum Gasteiger partial charge on any atom is -0.497 e. The third-order valence-electron chi connectivity index (χ3n) is 5.15. The second-order valence-electron chi connectivity index (χ2n) is 7.69. The van der Waals surface area contributed by atoms with Crippen LogP contribution in [0.1, 0.15) is 32.3 Å². The Balaban J connectivity index is 2.41. The maximum absolute atomic E-state index is 13.5. The minimum atomic E-state index is -3.73. The van der Waals surface area contributed by atoms with Gasteiger partial charge in [-0.05, 0) is 42.7 Å². The van der Waals surface area contributed by atoms with E-state index in [9.17, 15) is 18.0 Å². The molecule has 0 spiro atoms. The molecule has 1 N–H and O–H groups in total. The number of methoxy groups -OCH3 is 1. The van der Waals surface area contributed by atoms with Crippen LogP contribution in [-0.2, 0) is 26.2 Å². The highest BCUT2D eigenvalue weighted by molar-refractivity contribution is 7.92. The summed E-state index contributed by atoms with van der Waals surface area (Å²) in [5.41, 5.74) is 1.16. The number of nitrogens with zero attached hydrogens (tertiary/aromatic N) is 2. The summed E-state index contributed by atoms with van der Waals surface area (Å²) in [6.07, 6.45) is 2.21. The van der Waals surface area contributed by atoms with Crippen molar-refractivity contribution in [1.82, 2.24) is 10.2 Å². The standard InChI is InChI=1S/C24H33N3O5S/c1-5-15-25-24(29)22(6-2)26(17-19-11-10-14-21(16-19)32-3)23(28)18-27(33(4,30)31)20-12-8-7-9-13-20/h7-14,16,22H,5-6,15,17-18H2,1-4H3,(H,25,29). The number of nitrogens with one attached hydrogen (secondary N) is 1. The van der Waals surface area contributed by atoms with Crippen molar-refractivity contribution in [3.63, 3.8) is 0 Å². The van der Waals surface area contributed by atoms with Crippen molar-refractivity contribution < 1.29 is 22.7 Å². The molecule has 0 aromatic heterocycles. The summed E-state index contributed by atoms with van der Waals surface area (Å²) in [6, 6.07) is 14.9. The van der Waals surface area contributed by atoms with Gasteiger partial charge in [0, 0.05) is 13.1 Å². The lowest BCUT2D eigenvalue weighted by molar-refractivity contribution is -0.140. The monoisotopic (exact) mass is 475 g/mol. The molecule has 1 atom stereocenters. The topological polar surface area (TPSA) is 96.0 Å². The van der Waals surface area contributed by atoms with Gasteiger partial charge in [-0.15, -0.1) is 0 Å². The number of ether oxygens (including phenoxy) is 1.